The average molecular weight is 223 g/mol. The molecule has 0 saturated heterocycles. The molecule has 1 amide bonds. The molecule has 2 heterocycles. The van der Waals surface area contributed by atoms with Crippen molar-refractivity contribution >= 4 is 23.3 Å². The largest absolute Gasteiger partial charge is 0.403 e. The molecule has 0 bridgehead atoms. The summed E-state index contributed by atoms with van der Waals surface area (Å²) in [6.07, 6.45) is 0.385. The summed E-state index contributed by atoms with van der Waals surface area (Å²) in [4.78, 5) is 11.0. The number of hydrogen-bond donors (Lipinski definition) is 1. The van der Waals surface area contributed by atoms with Crippen LogP contribution in [0.25, 0.3) is 11.5 Å². The Morgan fingerprint density at radius 3 is 3.13 bits per heavy atom. The minimum Gasteiger partial charge on any atom is -0.403 e. The Hall–Kier alpha value is -1.69. The van der Waals surface area contributed by atoms with Crippen molar-refractivity contribution in [3.05, 3.63) is 16.8 Å². The first-order chi connectivity index (χ1) is 7.29. The first-order valence-electron chi connectivity index (χ1n) is 4.45. The number of hydrogen-bond acceptors (Lipinski definition) is 5. The molecule has 5 nitrogen and oxygen atoms in total. The van der Waals surface area contributed by atoms with Crippen LogP contribution in [0.15, 0.2) is 21.2 Å². The molecule has 0 aliphatic rings. The van der Waals surface area contributed by atoms with E-state index in [1.54, 1.807) is 18.3 Å². The van der Waals surface area contributed by atoms with E-state index in [0.717, 1.165) is 5.56 Å². The van der Waals surface area contributed by atoms with Crippen molar-refractivity contribution < 1.29 is 9.21 Å². The van der Waals surface area contributed by atoms with E-state index in [0.29, 0.717) is 12.3 Å². The zero-order valence-corrected chi connectivity index (χ0v) is 8.87. The quantitative estimate of drug-likeness (QED) is 0.865. The fraction of sp³-hybridized carbons (Fsp3) is 0.222. The third-order valence-corrected chi connectivity index (χ3v) is 2.44. The molecule has 2 aromatic rings. The summed E-state index contributed by atoms with van der Waals surface area (Å²) in [6, 6.07) is 2.02. The first-order valence-corrected chi connectivity index (χ1v) is 5.40. The third-order valence-electron chi connectivity index (χ3n) is 1.76. The van der Waals surface area contributed by atoms with Crippen molar-refractivity contribution in [1.29, 1.82) is 0 Å². The number of nitrogens with one attached hydrogen (secondary N) is 1. The smallest absolute Gasteiger partial charge is 0.322 e. The molecule has 0 spiro atoms. The Morgan fingerprint density at radius 2 is 2.47 bits per heavy atom. The predicted octanol–water partition coefficient (Wildman–Crippen LogP) is 2.15. The van der Waals surface area contributed by atoms with Crippen molar-refractivity contribution in [2.45, 2.75) is 13.3 Å². The van der Waals surface area contributed by atoms with E-state index >= 15 is 0 Å². The number of anilines is 1. The van der Waals surface area contributed by atoms with Gasteiger partial charge < -0.3 is 4.42 Å². The normalized spacial score (nSPS) is 10.2. The zero-order valence-electron chi connectivity index (χ0n) is 8.06. The molecule has 0 atom stereocenters. The maximum Gasteiger partial charge on any atom is 0.322 e. The minimum absolute atomic E-state index is 0.142. The van der Waals surface area contributed by atoms with Gasteiger partial charge in [0, 0.05) is 17.4 Å². The van der Waals surface area contributed by atoms with Crippen LogP contribution in [0, 0.1) is 0 Å². The fourth-order valence-electron chi connectivity index (χ4n) is 0.984. The molecule has 0 unspecified atom stereocenters. The van der Waals surface area contributed by atoms with Gasteiger partial charge in [0.15, 0.2) is 0 Å². The standard InChI is InChI=1S/C9H9N3O2S/c1-2-7(13)10-9-12-11-8(14-9)6-3-4-15-5-6/h3-5H,2H2,1H3,(H,10,12,13). The molecule has 15 heavy (non-hydrogen) atoms. The van der Waals surface area contributed by atoms with Gasteiger partial charge in [0.2, 0.25) is 5.91 Å². The summed E-state index contributed by atoms with van der Waals surface area (Å²) in [6.45, 7) is 1.76. The Kier molecular flexibility index (Phi) is 2.77. The molecule has 0 fully saturated rings. The van der Waals surface area contributed by atoms with Gasteiger partial charge in [0.1, 0.15) is 0 Å². The molecule has 78 valence electrons. The molecule has 1 N–H and O–H groups in total. The number of rotatable bonds is 3. The van der Waals surface area contributed by atoms with Gasteiger partial charge in [0.05, 0.1) is 0 Å². The zero-order chi connectivity index (χ0) is 10.7. The lowest BCUT2D eigenvalue weighted by Crippen LogP contribution is -2.09. The lowest BCUT2D eigenvalue weighted by atomic mass is 10.3. The van der Waals surface area contributed by atoms with Crippen LogP contribution in [-0.4, -0.2) is 16.1 Å². The topological polar surface area (TPSA) is 68.0 Å². The highest BCUT2D eigenvalue weighted by Crippen LogP contribution is 2.21. The van der Waals surface area contributed by atoms with Crippen LogP contribution in [0.3, 0.4) is 0 Å². The van der Waals surface area contributed by atoms with Crippen LogP contribution >= 0.6 is 11.3 Å². The average Bonchev–Trinajstić information content (AvgIpc) is 2.85. The monoisotopic (exact) mass is 223 g/mol. The number of aromatic nitrogens is 2. The lowest BCUT2D eigenvalue weighted by Gasteiger charge is -1.94. The van der Waals surface area contributed by atoms with Crippen LogP contribution in [0.4, 0.5) is 6.01 Å². The summed E-state index contributed by atoms with van der Waals surface area (Å²) >= 11 is 1.55. The number of thiophene rings is 1. The summed E-state index contributed by atoms with van der Waals surface area (Å²) in [5, 5.41) is 13.9. The Labute approximate surface area is 90.1 Å². The predicted molar refractivity (Wildman–Crippen MR) is 56.5 cm³/mol. The van der Waals surface area contributed by atoms with Crippen molar-refractivity contribution in [2.75, 3.05) is 5.32 Å². The molecule has 0 aliphatic carbocycles. The second kappa shape index (κ2) is 4.22. The van der Waals surface area contributed by atoms with E-state index in [4.69, 9.17) is 4.42 Å². The Bertz CT molecular complexity index is 450. The van der Waals surface area contributed by atoms with Gasteiger partial charge >= 0.3 is 6.01 Å². The van der Waals surface area contributed by atoms with Crippen LogP contribution < -0.4 is 5.32 Å². The Balaban J connectivity index is 2.14. The van der Waals surface area contributed by atoms with Gasteiger partial charge in [-0.2, -0.15) is 11.3 Å². The summed E-state index contributed by atoms with van der Waals surface area (Å²) in [7, 11) is 0. The van der Waals surface area contributed by atoms with E-state index in [9.17, 15) is 4.79 Å². The maximum atomic E-state index is 11.0. The molecule has 2 rings (SSSR count). The molecule has 2 aromatic heterocycles. The number of amides is 1. The fourth-order valence-corrected chi connectivity index (χ4v) is 1.61. The highest BCUT2D eigenvalue weighted by molar-refractivity contribution is 7.08. The van der Waals surface area contributed by atoms with Gasteiger partial charge in [-0.15, -0.1) is 5.10 Å². The van der Waals surface area contributed by atoms with Crippen LogP contribution in [0.1, 0.15) is 13.3 Å². The Morgan fingerprint density at radius 1 is 1.60 bits per heavy atom. The second-order valence-electron chi connectivity index (χ2n) is 2.83. The van der Waals surface area contributed by atoms with Gasteiger partial charge in [0.25, 0.3) is 5.89 Å². The summed E-state index contributed by atoms with van der Waals surface area (Å²) < 4.78 is 5.25. The van der Waals surface area contributed by atoms with Crippen molar-refractivity contribution in [1.82, 2.24) is 10.2 Å². The lowest BCUT2D eigenvalue weighted by molar-refractivity contribution is -0.116. The van der Waals surface area contributed by atoms with Gasteiger partial charge in [-0.25, -0.2) is 0 Å². The third kappa shape index (κ3) is 2.21. The molecular weight excluding hydrogens is 214 g/mol. The molecule has 0 radical (unpaired) electrons. The highest BCUT2D eigenvalue weighted by atomic mass is 32.1. The van der Waals surface area contributed by atoms with Crippen molar-refractivity contribution in [3.63, 3.8) is 0 Å². The molecule has 0 saturated carbocycles. The maximum absolute atomic E-state index is 11.0. The van der Waals surface area contributed by atoms with E-state index in [1.807, 2.05) is 16.8 Å². The van der Waals surface area contributed by atoms with Crippen LogP contribution in [0.2, 0.25) is 0 Å². The summed E-state index contributed by atoms with van der Waals surface area (Å²) in [5.74, 6) is 0.276. The van der Waals surface area contributed by atoms with E-state index in [2.05, 4.69) is 15.5 Å². The molecule has 6 heteroatoms. The minimum atomic E-state index is -0.143. The number of nitrogens with zero attached hydrogens (tertiary/aromatic N) is 2. The molecular formula is C9H9N3O2S. The van der Waals surface area contributed by atoms with Crippen LogP contribution in [-0.2, 0) is 4.79 Å². The van der Waals surface area contributed by atoms with Gasteiger partial charge in [-0.3, -0.25) is 10.1 Å². The highest BCUT2D eigenvalue weighted by Gasteiger charge is 2.09. The first kappa shape index (κ1) is 9.85. The van der Waals surface area contributed by atoms with E-state index in [-0.39, 0.29) is 11.9 Å². The van der Waals surface area contributed by atoms with E-state index in [1.165, 1.54) is 0 Å². The van der Waals surface area contributed by atoms with E-state index < -0.39 is 0 Å². The van der Waals surface area contributed by atoms with Crippen LogP contribution in [0.5, 0.6) is 0 Å². The van der Waals surface area contributed by atoms with Crippen molar-refractivity contribution in [3.8, 4) is 11.5 Å². The number of carbonyl (C=O) groups is 1. The molecule has 0 aromatic carbocycles. The molecule has 0 aliphatic heterocycles. The second-order valence-corrected chi connectivity index (χ2v) is 3.61. The van der Waals surface area contributed by atoms with Gasteiger partial charge in [-0.05, 0) is 11.4 Å². The van der Waals surface area contributed by atoms with Gasteiger partial charge in [-0.1, -0.05) is 12.0 Å². The SMILES string of the molecule is CCC(=O)Nc1nnc(-c2ccsc2)o1. The number of carbonyl (C=O) groups excluding carboxylic acids is 1. The summed E-state index contributed by atoms with van der Waals surface area (Å²) in [5.41, 5.74) is 0.865. The van der Waals surface area contributed by atoms with Crippen molar-refractivity contribution in [2.24, 2.45) is 0 Å².